The van der Waals surface area contributed by atoms with Crippen LogP contribution in [0.1, 0.15) is 149 Å². The van der Waals surface area contributed by atoms with Gasteiger partial charge in [0, 0.05) is 17.1 Å². The maximum atomic E-state index is 2.31. The average molecular weight is 467 g/mol. The van der Waals surface area contributed by atoms with Crippen molar-refractivity contribution >= 4 is 0 Å². The molecule has 0 aliphatic carbocycles. The number of hydrogen-bond donors (Lipinski definition) is 0. The Morgan fingerprint density at radius 3 is 1.13 bits per heavy atom. The molecule has 0 aliphatic heterocycles. The summed E-state index contributed by atoms with van der Waals surface area (Å²) in [6.07, 6.45) is 2.34. The van der Waals surface area contributed by atoms with E-state index in [0.717, 1.165) is 0 Å². The van der Waals surface area contributed by atoms with Crippen LogP contribution in [0.5, 0.6) is 0 Å². The van der Waals surface area contributed by atoms with Gasteiger partial charge in [0.2, 0.25) is 0 Å². The van der Waals surface area contributed by atoms with Crippen molar-refractivity contribution in [2.75, 3.05) is 0 Å². The quantitative estimate of drug-likeness (QED) is 0.294. The summed E-state index contributed by atoms with van der Waals surface area (Å²) in [5, 5.41) is 0. The van der Waals surface area contributed by atoms with Crippen LogP contribution in [0.2, 0.25) is 0 Å². The van der Waals surface area contributed by atoms with Crippen molar-refractivity contribution in [2.45, 2.75) is 133 Å². The first kappa shape index (κ1) is 30.2. The molecular weight excluding hydrogens is 416 g/mol. The molecule has 0 saturated heterocycles. The number of rotatable bonds is 6. The zero-order chi connectivity index (χ0) is 23.5. The van der Waals surface area contributed by atoms with Gasteiger partial charge in [-0.2, -0.15) is 27.8 Å². The third-order valence-electron chi connectivity index (χ3n) is 7.02. The van der Waals surface area contributed by atoms with Gasteiger partial charge in [0.05, 0.1) is 0 Å². The zero-order valence-electron chi connectivity index (χ0n) is 23.1. The first-order valence-electron chi connectivity index (χ1n) is 12.4. The van der Waals surface area contributed by atoms with Gasteiger partial charge in [-0.15, -0.1) is 0 Å². The molecule has 0 spiro atoms. The van der Waals surface area contributed by atoms with E-state index in [4.69, 9.17) is 0 Å². The molecule has 0 nitrogen and oxygen atoms in total. The minimum absolute atomic E-state index is 0. The molecule has 0 unspecified atom stereocenters. The molecule has 0 fully saturated rings. The smallest absolute Gasteiger partial charge is 0 e. The maximum Gasteiger partial charge on any atom is 0 e. The predicted molar refractivity (Wildman–Crippen MR) is 138 cm³/mol. The fourth-order valence-corrected chi connectivity index (χ4v) is 6.06. The van der Waals surface area contributed by atoms with Crippen molar-refractivity contribution in [3.8, 4) is 0 Å². The van der Waals surface area contributed by atoms with E-state index in [0.29, 0.717) is 23.7 Å². The van der Waals surface area contributed by atoms with Crippen LogP contribution in [0.3, 0.4) is 0 Å². The van der Waals surface area contributed by atoms with Crippen molar-refractivity contribution in [3.05, 3.63) is 55.6 Å². The van der Waals surface area contributed by atoms with Crippen LogP contribution in [-0.2, 0) is 29.9 Å². The minimum atomic E-state index is 0. The fraction of sp³-hybridized carbons (Fsp3) is 0.667. The molecule has 0 aliphatic rings. The molecule has 0 atom stereocenters. The Morgan fingerprint density at radius 2 is 0.935 bits per heavy atom. The summed E-state index contributed by atoms with van der Waals surface area (Å²) in [5.41, 5.74) is 15.8. The summed E-state index contributed by atoms with van der Waals surface area (Å²) in [7, 11) is 0. The third kappa shape index (κ3) is 6.17. The first-order valence-corrected chi connectivity index (χ1v) is 12.4. The minimum Gasteiger partial charge on any atom is -0.730 e. The third-order valence-corrected chi connectivity index (χ3v) is 7.02. The van der Waals surface area contributed by atoms with Crippen molar-refractivity contribution in [1.29, 1.82) is 0 Å². The van der Waals surface area contributed by atoms with Gasteiger partial charge in [-0.25, -0.2) is 32.1 Å². The Balaban J connectivity index is 0.000000562. The zero-order valence-corrected chi connectivity index (χ0v) is 24.2. The van der Waals surface area contributed by atoms with Crippen LogP contribution >= 0.6 is 0 Å². The molecule has 0 heterocycles. The summed E-state index contributed by atoms with van der Waals surface area (Å²) in [5.74, 6) is 2.62. The van der Waals surface area contributed by atoms with Gasteiger partial charge in [-0.3, -0.25) is 0 Å². The van der Waals surface area contributed by atoms with Crippen LogP contribution in [-0.4, -0.2) is 0 Å². The SMILES string of the molecule is CC[c-]1[c-](C)[c-](C(C)C)[c-](C(C)C)[c-]1C.CC[c-]1c(C)c(C(C)C)c(C(C)C)c1C.[Fe]. The normalized spacial score (nSPS) is 11.4. The molecular formula is C30H50Fe-6. The summed E-state index contributed by atoms with van der Waals surface area (Å²) < 4.78 is 0. The largest absolute Gasteiger partial charge is 0.730 e. The first-order chi connectivity index (χ1) is 13.8. The Kier molecular flexibility index (Phi) is 12.1. The molecule has 1 heteroatoms. The van der Waals surface area contributed by atoms with Crippen LogP contribution in [0.15, 0.2) is 0 Å². The second kappa shape index (κ2) is 12.5. The standard InChI is InChI=1S/2C15H25.Fe/c2*1-8-13-11(6)14(9(2)3)15(10(4)5)12(13)7;/h2*9-10H,8H2,1-7H3;/q-5;-1;. The molecule has 2 aromatic rings. The van der Waals surface area contributed by atoms with Crippen LogP contribution in [0, 0.1) is 27.7 Å². The van der Waals surface area contributed by atoms with Crippen molar-refractivity contribution in [2.24, 2.45) is 0 Å². The van der Waals surface area contributed by atoms with E-state index in [1.807, 2.05) is 0 Å². The molecule has 0 radical (unpaired) electrons. The van der Waals surface area contributed by atoms with Gasteiger partial charge >= 0.3 is 0 Å². The molecule has 31 heavy (non-hydrogen) atoms. The molecule has 184 valence electrons. The average Bonchev–Trinajstić information content (AvgIpc) is 3.04. The van der Waals surface area contributed by atoms with Gasteiger partial charge in [0.25, 0.3) is 0 Å². The fourth-order valence-electron chi connectivity index (χ4n) is 6.06. The predicted octanol–water partition coefficient (Wildman–Crippen LogP) is 9.66. The monoisotopic (exact) mass is 466 g/mol. The van der Waals surface area contributed by atoms with Gasteiger partial charge in [0.15, 0.2) is 0 Å². The van der Waals surface area contributed by atoms with Crippen LogP contribution < -0.4 is 0 Å². The second-order valence-electron chi connectivity index (χ2n) is 10.4. The molecule has 0 N–H and O–H groups in total. The van der Waals surface area contributed by atoms with E-state index in [9.17, 15) is 0 Å². The van der Waals surface area contributed by atoms with Gasteiger partial charge < -0.3 is 27.8 Å². The van der Waals surface area contributed by atoms with E-state index in [1.54, 1.807) is 55.6 Å². The van der Waals surface area contributed by atoms with Crippen LogP contribution in [0.25, 0.3) is 0 Å². The van der Waals surface area contributed by atoms with Crippen molar-refractivity contribution in [1.82, 2.24) is 0 Å². The van der Waals surface area contributed by atoms with E-state index in [-0.39, 0.29) is 17.1 Å². The second-order valence-corrected chi connectivity index (χ2v) is 10.4. The summed E-state index contributed by atoms with van der Waals surface area (Å²) in [6, 6.07) is 0. The summed E-state index contributed by atoms with van der Waals surface area (Å²) >= 11 is 0. The van der Waals surface area contributed by atoms with E-state index < -0.39 is 0 Å². The molecule has 0 bridgehead atoms. The molecule has 2 rings (SSSR count). The van der Waals surface area contributed by atoms with E-state index in [1.165, 1.54) is 12.8 Å². The molecule has 2 aromatic carbocycles. The molecule has 0 amide bonds. The van der Waals surface area contributed by atoms with Crippen molar-refractivity contribution in [3.63, 3.8) is 0 Å². The summed E-state index contributed by atoms with van der Waals surface area (Å²) in [6.45, 7) is 32.2. The Morgan fingerprint density at radius 1 is 0.613 bits per heavy atom. The number of hydrogen-bond acceptors (Lipinski definition) is 0. The Hall–Kier alpha value is -0.781. The van der Waals surface area contributed by atoms with Gasteiger partial charge in [0.1, 0.15) is 0 Å². The van der Waals surface area contributed by atoms with Crippen LogP contribution in [0.4, 0.5) is 0 Å². The van der Waals surface area contributed by atoms with Gasteiger partial charge in [-0.1, -0.05) is 101 Å². The van der Waals surface area contributed by atoms with Gasteiger partial charge in [-0.05, 0) is 0 Å². The van der Waals surface area contributed by atoms with Crippen molar-refractivity contribution < 1.29 is 17.1 Å². The summed E-state index contributed by atoms with van der Waals surface area (Å²) in [4.78, 5) is 0. The Labute approximate surface area is 205 Å². The molecule has 0 saturated carbocycles. The maximum absolute atomic E-state index is 2.31. The van der Waals surface area contributed by atoms with E-state index in [2.05, 4.69) is 96.9 Å². The topological polar surface area (TPSA) is 0 Å². The molecule has 0 aromatic heterocycles. The van der Waals surface area contributed by atoms with E-state index >= 15 is 0 Å². The Bertz CT molecular complexity index is 688.